The highest BCUT2D eigenvalue weighted by molar-refractivity contribution is 5.83. The molecule has 0 radical (unpaired) electrons. The van der Waals surface area contributed by atoms with Crippen molar-refractivity contribution in [2.45, 2.75) is 58.2 Å². The Morgan fingerprint density at radius 1 is 1.28 bits per heavy atom. The summed E-state index contributed by atoms with van der Waals surface area (Å²) < 4.78 is 6.04. The fraction of sp³-hybridized carbons (Fsp3) is 0.929. The zero-order valence-electron chi connectivity index (χ0n) is 12.0. The number of nitrogens with zero attached hydrogens (tertiary/aromatic N) is 1. The molecule has 0 aliphatic carbocycles. The summed E-state index contributed by atoms with van der Waals surface area (Å²) in [7, 11) is 0. The van der Waals surface area contributed by atoms with E-state index in [1.165, 1.54) is 6.42 Å². The molecule has 0 aromatic heterocycles. The van der Waals surface area contributed by atoms with E-state index in [4.69, 9.17) is 15.9 Å². The summed E-state index contributed by atoms with van der Waals surface area (Å²) in [6.45, 7) is 9.58. The molecule has 3 N–H and O–H groups in total. The molecule has 0 bridgehead atoms. The van der Waals surface area contributed by atoms with E-state index >= 15 is 0 Å². The second kappa shape index (κ2) is 4.82. The van der Waals surface area contributed by atoms with Crippen LogP contribution in [0.2, 0.25) is 0 Å². The molecule has 2 rings (SSSR count). The Bertz CT molecular complexity index is 319. The number of nitrogens with two attached hydrogens (primary N) is 1. The van der Waals surface area contributed by atoms with Crippen molar-refractivity contribution in [1.29, 1.82) is 5.41 Å². The van der Waals surface area contributed by atoms with Crippen molar-refractivity contribution >= 4 is 5.84 Å². The van der Waals surface area contributed by atoms with Crippen LogP contribution in [0.15, 0.2) is 0 Å². The number of ether oxygens (including phenoxy) is 1. The minimum absolute atomic E-state index is 0.0638. The van der Waals surface area contributed by atoms with E-state index in [-0.39, 0.29) is 11.0 Å². The van der Waals surface area contributed by atoms with Gasteiger partial charge in [-0.15, -0.1) is 0 Å². The van der Waals surface area contributed by atoms with Crippen molar-refractivity contribution in [3.05, 3.63) is 0 Å². The largest absolute Gasteiger partial charge is 0.387 e. The van der Waals surface area contributed by atoms with Gasteiger partial charge in [0.1, 0.15) is 0 Å². The highest BCUT2D eigenvalue weighted by Crippen LogP contribution is 2.33. The Labute approximate surface area is 110 Å². The molecular weight excluding hydrogens is 226 g/mol. The van der Waals surface area contributed by atoms with Gasteiger partial charge in [0, 0.05) is 12.0 Å². The highest BCUT2D eigenvalue weighted by Gasteiger charge is 2.36. The number of amidine groups is 1. The van der Waals surface area contributed by atoms with Gasteiger partial charge >= 0.3 is 0 Å². The molecule has 2 heterocycles. The van der Waals surface area contributed by atoms with Gasteiger partial charge in [0.05, 0.1) is 17.5 Å². The van der Waals surface area contributed by atoms with Crippen molar-refractivity contribution in [2.24, 2.45) is 11.1 Å². The van der Waals surface area contributed by atoms with Crippen LogP contribution in [0.1, 0.15) is 46.5 Å². The smallest absolute Gasteiger partial charge is 0.0966 e. The van der Waals surface area contributed by atoms with Crippen LogP contribution in [0, 0.1) is 10.8 Å². The SMILES string of the molecule is CC1(C)CCC(CN2CCC(C)(C(=N)N)CC2)O1. The molecule has 4 heteroatoms. The maximum atomic E-state index is 7.66. The van der Waals surface area contributed by atoms with Crippen LogP contribution in [0.3, 0.4) is 0 Å². The molecule has 4 nitrogen and oxygen atoms in total. The standard InChI is InChI=1S/C14H27N3O/c1-13(2)5-4-11(18-13)10-17-8-6-14(3,7-9-17)12(15)16/h11H,4-10H2,1-3H3,(H3,15,16). The normalized spacial score (nSPS) is 31.4. The quantitative estimate of drug-likeness (QED) is 0.597. The van der Waals surface area contributed by atoms with Crippen molar-refractivity contribution in [2.75, 3.05) is 19.6 Å². The minimum Gasteiger partial charge on any atom is -0.387 e. The molecule has 0 saturated carbocycles. The summed E-state index contributed by atoms with van der Waals surface area (Å²) in [5, 5.41) is 7.66. The van der Waals surface area contributed by atoms with Crippen LogP contribution in [0.25, 0.3) is 0 Å². The van der Waals surface area contributed by atoms with Gasteiger partial charge in [0.25, 0.3) is 0 Å². The predicted octanol–water partition coefficient (Wildman–Crippen LogP) is 1.98. The first kappa shape index (κ1) is 13.8. The van der Waals surface area contributed by atoms with E-state index in [2.05, 4.69) is 25.7 Å². The van der Waals surface area contributed by atoms with E-state index in [1.54, 1.807) is 0 Å². The third-order valence-electron chi connectivity index (χ3n) is 4.63. The van der Waals surface area contributed by atoms with Crippen molar-refractivity contribution in [3.63, 3.8) is 0 Å². The maximum absolute atomic E-state index is 7.66. The lowest BCUT2D eigenvalue weighted by Crippen LogP contribution is -2.47. The van der Waals surface area contributed by atoms with Gasteiger partial charge in [0.15, 0.2) is 0 Å². The molecule has 2 saturated heterocycles. The second-order valence-electron chi connectivity index (χ2n) is 6.81. The van der Waals surface area contributed by atoms with Crippen LogP contribution in [-0.4, -0.2) is 42.1 Å². The summed E-state index contributed by atoms with van der Waals surface area (Å²) in [5.74, 6) is 0.348. The summed E-state index contributed by atoms with van der Waals surface area (Å²) >= 11 is 0. The molecule has 104 valence electrons. The van der Waals surface area contributed by atoms with Crippen molar-refractivity contribution in [3.8, 4) is 0 Å². The monoisotopic (exact) mass is 253 g/mol. The van der Waals surface area contributed by atoms with Gasteiger partial charge in [-0.1, -0.05) is 6.92 Å². The average Bonchev–Trinajstić information content (AvgIpc) is 2.61. The fourth-order valence-electron chi connectivity index (χ4n) is 2.99. The molecule has 2 aliphatic heterocycles. The fourth-order valence-corrected chi connectivity index (χ4v) is 2.99. The Morgan fingerprint density at radius 3 is 2.33 bits per heavy atom. The molecule has 18 heavy (non-hydrogen) atoms. The molecule has 1 unspecified atom stereocenters. The van der Waals surface area contributed by atoms with Gasteiger partial charge in [-0.3, -0.25) is 5.41 Å². The Hall–Kier alpha value is -0.610. The molecule has 0 aromatic carbocycles. The van der Waals surface area contributed by atoms with Gasteiger partial charge in [0.2, 0.25) is 0 Å². The van der Waals surface area contributed by atoms with Gasteiger partial charge in [-0.25, -0.2) is 0 Å². The molecule has 2 fully saturated rings. The van der Waals surface area contributed by atoms with E-state index in [9.17, 15) is 0 Å². The molecule has 1 atom stereocenters. The summed E-state index contributed by atoms with van der Waals surface area (Å²) in [4.78, 5) is 2.47. The number of hydrogen-bond acceptors (Lipinski definition) is 3. The van der Waals surface area contributed by atoms with E-state index in [0.29, 0.717) is 11.9 Å². The molecule has 0 aromatic rings. The Balaban J connectivity index is 1.79. The van der Waals surface area contributed by atoms with E-state index in [1.807, 2.05) is 0 Å². The van der Waals surface area contributed by atoms with Gasteiger partial charge in [-0.05, 0) is 52.6 Å². The predicted molar refractivity (Wildman–Crippen MR) is 73.9 cm³/mol. The number of piperidine rings is 1. The Kier molecular flexibility index (Phi) is 3.70. The molecular formula is C14H27N3O. The van der Waals surface area contributed by atoms with E-state index in [0.717, 1.165) is 38.9 Å². The van der Waals surface area contributed by atoms with Crippen LogP contribution in [0.5, 0.6) is 0 Å². The van der Waals surface area contributed by atoms with Crippen LogP contribution < -0.4 is 5.73 Å². The van der Waals surface area contributed by atoms with Crippen LogP contribution >= 0.6 is 0 Å². The minimum atomic E-state index is -0.0771. The molecule has 0 spiro atoms. The zero-order valence-corrected chi connectivity index (χ0v) is 12.0. The first-order chi connectivity index (χ1) is 8.31. The lowest BCUT2D eigenvalue weighted by atomic mass is 9.79. The lowest BCUT2D eigenvalue weighted by Gasteiger charge is -2.39. The van der Waals surface area contributed by atoms with Crippen LogP contribution in [0.4, 0.5) is 0 Å². The van der Waals surface area contributed by atoms with Crippen molar-refractivity contribution in [1.82, 2.24) is 4.90 Å². The maximum Gasteiger partial charge on any atom is 0.0966 e. The average molecular weight is 253 g/mol. The number of rotatable bonds is 3. The third kappa shape index (κ3) is 3.04. The molecule has 2 aliphatic rings. The first-order valence-electron chi connectivity index (χ1n) is 7.05. The number of likely N-dealkylation sites (tertiary alicyclic amines) is 1. The second-order valence-corrected chi connectivity index (χ2v) is 6.81. The molecule has 0 amide bonds. The van der Waals surface area contributed by atoms with Gasteiger partial charge < -0.3 is 15.4 Å². The summed E-state index contributed by atoms with van der Waals surface area (Å²) in [6.07, 6.45) is 4.72. The topological polar surface area (TPSA) is 62.3 Å². The first-order valence-corrected chi connectivity index (χ1v) is 7.05. The van der Waals surface area contributed by atoms with E-state index < -0.39 is 0 Å². The number of nitrogens with one attached hydrogen (secondary N) is 1. The third-order valence-corrected chi connectivity index (χ3v) is 4.63. The summed E-state index contributed by atoms with van der Waals surface area (Å²) in [6, 6.07) is 0. The number of hydrogen-bond donors (Lipinski definition) is 2. The van der Waals surface area contributed by atoms with Crippen LogP contribution in [-0.2, 0) is 4.74 Å². The lowest BCUT2D eigenvalue weighted by molar-refractivity contribution is -0.0329. The van der Waals surface area contributed by atoms with Gasteiger partial charge in [-0.2, -0.15) is 0 Å². The highest BCUT2D eigenvalue weighted by atomic mass is 16.5. The summed E-state index contributed by atoms with van der Waals surface area (Å²) in [5.41, 5.74) is 5.67. The zero-order chi connectivity index (χ0) is 13.4. The Morgan fingerprint density at radius 2 is 1.89 bits per heavy atom. The van der Waals surface area contributed by atoms with Crippen molar-refractivity contribution < 1.29 is 4.74 Å².